The van der Waals surface area contributed by atoms with Gasteiger partial charge < -0.3 is 5.73 Å². The van der Waals surface area contributed by atoms with Crippen molar-refractivity contribution in [3.8, 4) is 6.07 Å². The van der Waals surface area contributed by atoms with Crippen LogP contribution in [0.5, 0.6) is 0 Å². The second kappa shape index (κ2) is 3.51. The third-order valence-corrected chi connectivity index (χ3v) is 2.05. The molecule has 0 spiro atoms. The lowest BCUT2D eigenvalue weighted by Gasteiger charge is -1.97. The van der Waals surface area contributed by atoms with Gasteiger partial charge in [0.15, 0.2) is 0 Å². The maximum atomic E-state index is 8.57. The minimum absolute atomic E-state index is 0.504. The van der Waals surface area contributed by atoms with Gasteiger partial charge in [0.25, 0.3) is 0 Å². The molecular weight excluding hydrogens is 204 g/mol. The second-order valence-corrected chi connectivity index (χ2v) is 2.98. The minimum atomic E-state index is 0.504. The Morgan fingerprint density at radius 1 is 1.55 bits per heavy atom. The third kappa shape index (κ3) is 1.79. The molecule has 0 saturated carbocycles. The van der Waals surface area contributed by atoms with Crippen molar-refractivity contribution in [2.75, 3.05) is 0 Å². The number of halogens is 1. The van der Waals surface area contributed by atoms with Crippen LogP contribution in [-0.2, 0) is 6.54 Å². The molecule has 0 aromatic heterocycles. The molecule has 0 fully saturated rings. The fourth-order valence-corrected chi connectivity index (χ4v) is 1.29. The lowest BCUT2D eigenvalue weighted by atomic mass is 10.1. The van der Waals surface area contributed by atoms with Crippen LogP contribution in [0.2, 0.25) is 0 Å². The van der Waals surface area contributed by atoms with Gasteiger partial charge in [0.2, 0.25) is 0 Å². The van der Waals surface area contributed by atoms with Crippen molar-refractivity contribution in [1.82, 2.24) is 0 Å². The number of nitrogens with zero attached hydrogens (tertiary/aromatic N) is 1. The Labute approximate surface area is 73.8 Å². The predicted molar refractivity (Wildman–Crippen MR) is 46.7 cm³/mol. The first-order valence-corrected chi connectivity index (χ1v) is 3.96. The standard InChI is InChI=1S/C8H7BrN2/c9-8-3-6(4-10)1-2-7(8)5-11/h1-3H,4,10H2. The normalized spacial score (nSPS) is 9.18. The van der Waals surface area contributed by atoms with Crippen molar-refractivity contribution in [2.45, 2.75) is 6.54 Å². The topological polar surface area (TPSA) is 49.8 Å². The molecule has 0 saturated heterocycles. The number of rotatable bonds is 1. The highest BCUT2D eigenvalue weighted by atomic mass is 79.9. The number of nitrogens with two attached hydrogens (primary N) is 1. The summed E-state index contributed by atoms with van der Waals surface area (Å²) in [6, 6.07) is 7.53. The average molecular weight is 211 g/mol. The van der Waals surface area contributed by atoms with E-state index >= 15 is 0 Å². The fraction of sp³-hybridized carbons (Fsp3) is 0.125. The molecule has 3 heteroatoms. The van der Waals surface area contributed by atoms with Gasteiger partial charge in [-0.3, -0.25) is 0 Å². The molecule has 0 unspecified atom stereocenters. The lowest BCUT2D eigenvalue weighted by molar-refractivity contribution is 1.07. The van der Waals surface area contributed by atoms with Crippen molar-refractivity contribution < 1.29 is 0 Å². The highest BCUT2D eigenvalue weighted by Gasteiger charge is 1.97. The largest absolute Gasteiger partial charge is 0.326 e. The molecule has 1 rings (SSSR count). The van der Waals surface area contributed by atoms with E-state index in [4.69, 9.17) is 11.0 Å². The molecule has 11 heavy (non-hydrogen) atoms. The van der Waals surface area contributed by atoms with Crippen LogP contribution in [0.3, 0.4) is 0 Å². The summed E-state index contributed by atoms with van der Waals surface area (Å²) < 4.78 is 0.808. The van der Waals surface area contributed by atoms with E-state index in [9.17, 15) is 0 Å². The van der Waals surface area contributed by atoms with Gasteiger partial charge in [0.1, 0.15) is 6.07 Å². The zero-order valence-electron chi connectivity index (χ0n) is 5.84. The quantitative estimate of drug-likeness (QED) is 0.769. The first-order chi connectivity index (χ1) is 5.27. The molecule has 0 aliphatic rings. The molecule has 0 bridgehead atoms. The summed E-state index contributed by atoms with van der Waals surface area (Å²) in [4.78, 5) is 0. The Morgan fingerprint density at radius 3 is 2.73 bits per heavy atom. The molecule has 2 nitrogen and oxygen atoms in total. The summed E-state index contributed by atoms with van der Waals surface area (Å²) >= 11 is 3.27. The van der Waals surface area contributed by atoms with Crippen LogP contribution in [0.4, 0.5) is 0 Å². The van der Waals surface area contributed by atoms with E-state index in [0.717, 1.165) is 10.0 Å². The van der Waals surface area contributed by atoms with Crippen molar-refractivity contribution in [3.63, 3.8) is 0 Å². The van der Waals surface area contributed by atoms with Crippen LogP contribution in [0, 0.1) is 11.3 Å². The molecule has 0 aliphatic carbocycles. The van der Waals surface area contributed by atoms with E-state index in [0.29, 0.717) is 12.1 Å². The van der Waals surface area contributed by atoms with Crippen LogP contribution < -0.4 is 5.73 Å². The molecule has 2 N–H and O–H groups in total. The van der Waals surface area contributed by atoms with Gasteiger partial charge in [-0.05, 0) is 33.6 Å². The van der Waals surface area contributed by atoms with E-state index < -0.39 is 0 Å². The van der Waals surface area contributed by atoms with E-state index in [-0.39, 0.29) is 0 Å². The summed E-state index contributed by atoms with van der Waals surface area (Å²) in [6.45, 7) is 0.504. The summed E-state index contributed by atoms with van der Waals surface area (Å²) in [5.41, 5.74) is 7.07. The van der Waals surface area contributed by atoms with Crippen LogP contribution in [-0.4, -0.2) is 0 Å². The average Bonchev–Trinajstić information content (AvgIpc) is 2.04. The Hall–Kier alpha value is -0.850. The summed E-state index contributed by atoms with van der Waals surface area (Å²) in [6.07, 6.45) is 0. The van der Waals surface area contributed by atoms with Crippen molar-refractivity contribution in [1.29, 1.82) is 5.26 Å². The maximum absolute atomic E-state index is 8.57. The molecule has 0 heterocycles. The monoisotopic (exact) mass is 210 g/mol. The maximum Gasteiger partial charge on any atom is 0.100 e. The predicted octanol–water partition coefficient (Wildman–Crippen LogP) is 1.78. The highest BCUT2D eigenvalue weighted by molar-refractivity contribution is 9.10. The van der Waals surface area contributed by atoms with E-state index in [1.165, 1.54) is 0 Å². The van der Waals surface area contributed by atoms with Gasteiger partial charge in [-0.1, -0.05) is 6.07 Å². The van der Waals surface area contributed by atoms with Gasteiger partial charge in [-0.2, -0.15) is 5.26 Å². The molecule has 56 valence electrons. The Morgan fingerprint density at radius 2 is 2.27 bits per heavy atom. The van der Waals surface area contributed by atoms with Crippen LogP contribution >= 0.6 is 15.9 Å². The molecular formula is C8H7BrN2. The van der Waals surface area contributed by atoms with E-state index in [1.54, 1.807) is 6.07 Å². The highest BCUT2D eigenvalue weighted by Crippen LogP contribution is 2.17. The van der Waals surface area contributed by atoms with Gasteiger partial charge in [-0.15, -0.1) is 0 Å². The summed E-state index contributed by atoms with van der Waals surface area (Å²) in [7, 11) is 0. The SMILES string of the molecule is N#Cc1ccc(CN)cc1Br. The van der Waals surface area contributed by atoms with E-state index in [1.807, 2.05) is 12.1 Å². The second-order valence-electron chi connectivity index (χ2n) is 2.13. The van der Waals surface area contributed by atoms with Crippen LogP contribution in [0.15, 0.2) is 22.7 Å². The Kier molecular flexibility index (Phi) is 2.64. The van der Waals surface area contributed by atoms with Crippen molar-refractivity contribution in [2.24, 2.45) is 5.73 Å². The molecule has 0 radical (unpaired) electrons. The van der Waals surface area contributed by atoms with Gasteiger partial charge in [-0.25, -0.2) is 0 Å². The molecule has 1 aromatic rings. The number of nitriles is 1. The summed E-state index contributed by atoms with van der Waals surface area (Å²) in [5, 5.41) is 8.57. The third-order valence-electron chi connectivity index (χ3n) is 1.39. The fourth-order valence-electron chi connectivity index (χ4n) is 0.776. The molecule has 1 aromatic carbocycles. The zero-order valence-corrected chi connectivity index (χ0v) is 7.43. The summed E-state index contributed by atoms with van der Waals surface area (Å²) in [5.74, 6) is 0. The smallest absolute Gasteiger partial charge is 0.100 e. The Bertz CT molecular complexity index is 301. The number of hydrogen-bond donors (Lipinski definition) is 1. The van der Waals surface area contributed by atoms with Gasteiger partial charge in [0.05, 0.1) is 5.56 Å². The molecule has 0 atom stereocenters. The molecule has 0 aliphatic heterocycles. The first-order valence-electron chi connectivity index (χ1n) is 3.16. The molecule has 0 amide bonds. The zero-order chi connectivity index (χ0) is 8.27. The minimum Gasteiger partial charge on any atom is -0.326 e. The van der Waals surface area contributed by atoms with Gasteiger partial charge in [0, 0.05) is 11.0 Å². The van der Waals surface area contributed by atoms with Gasteiger partial charge >= 0.3 is 0 Å². The first kappa shape index (κ1) is 8.25. The Balaban J connectivity index is 3.12. The van der Waals surface area contributed by atoms with Crippen molar-refractivity contribution in [3.05, 3.63) is 33.8 Å². The van der Waals surface area contributed by atoms with Crippen LogP contribution in [0.1, 0.15) is 11.1 Å². The van der Waals surface area contributed by atoms with Crippen molar-refractivity contribution >= 4 is 15.9 Å². The van der Waals surface area contributed by atoms with E-state index in [2.05, 4.69) is 22.0 Å². The number of benzene rings is 1. The van der Waals surface area contributed by atoms with Crippen LogP contribution in [0.25, 0.3) is 0 Å². The number of hydrogen-bond acceptors (Lipinski definition) is 2. The lowest BCUT2D eigenvalue weighted by Crippen LogP contribution is -1.95.